The number of rotatable bonds is 10. The predicted molar refractivity (Wildman–Crippen MR) is 84.7 cm³/mol. The number of carbonyl (C=O) groups excluding carboxylic acids is 1. The first-order valence-corrected chi connectivity index (χ1v) is 8.48. The van der Waals surface area contributed by atoms with Gasteiger partial charge in [-0.05, 0) is 25.9 Å². The first-order chi connectivity index (χ1) is 9.77. The minimum absolute atomic E-state index is 0.360. The molecule has 118 valence electrons. The first kappa shape index (κ1) is 17.4. The Balaban J connectivity index is 2.04. The normalized spacial score (nSPS) is 16.6. The molecular weight excluding hydrogens is 250 g/mol. The van der Waals surface area contributed by atoms with Crippen molar-refractivity contribution < 1.29 is 4.79 Å². The van der Waals surface area contributed by atoms with Crippen molar-refractivity contribution in [3.8, 4) is 0 Å². The fourth-order valence-electron chi connectivity index (χ4n) is 2.75. The van der Waals surface area contributed by atoms with Gasteiger partial charge >= 0.3 is 0 Å². The van der Waals surface area contributed by atoms with Crippen LogP contribution in [0.5, 0.6) is 0 Å². The summed E-state index contributed by atoms with van der Waals surface area (Å²) in [5.41, 5.74) is 5.53. The van der Waals surface area contributed by atoms with Gasteiger partial charge in [0.25, 0.3) is 0 Å². The van der Waals surface area contributed by atoms with Gasteiger partial charge < -0.3 is 10.6 Å². The van der Waals surface area contributed by atoms with E-state index in [9.17, 15) is 4.79 Å². The third-order valence-electron chi connectivity index (χ3n) is 4.15. The SMILES string of the molecule is CCCCCCCCC(=O)N1CCN(CCCN)CC1. The highest BCUT2D eigenvalue weighted by molar-refractivity contribution is 5.76. The third kappa shape index (κ3) is 7.25. The molecular formula is C16H33N3O. The van der Waals surface area contributed by atoms with Gasteiger partial charge in [-0.2, -0.15) is 0 Å². The molecule has 20 heavy (non-hydrogen) atoms. The second-order valence-electron chi connectivity index (χ2n) is 5.88. The van der Waals surface area contributed by atoms with E-state index in [2.05, 4.69) is 11.8 Å². The Hall–Kier alpha value is -0.610. The van der Waals surface area contributed by atoms with E-state index < -0.39 is 0 Å². The molecule has 0 saturated carbocycles. The summed E-state index contributed by atoms with van der Waals surface area (Å²) in [6, 6.07) is 0. The van der Waals surface area contributed by atoms with Gasteiger partial charge in [-0.1, -0.05) is 39.0 Å². The molecule has 1 saturated heterocycles. The summed E-state index contributed by atoms with van der Waals surface area (Å²) >= 11 is 0. The lowest BCUT2D eigenvalue weighted by atomic mass is 10.1. The molecule has 1 aliphatic heterocycles. The number of unbranched alkanes of at least 4 members (excludes halogenated alkanes) is 5. The second kappa shape index (κ2) is 11.1. The minimum atomic E-state index is 0.360. The van der Waals surface area contributed by atoms with Gasteiger partial charge in [0, 0.05) is 32.6 Å². The fraction of sp³-hybridized carbons (Fsp3) is 0.938. The average Bonchev–Trinajstić information content (AvgIpc) is 2.49. The molecule has 0 aromatic heterocycles. The fourth-order valence-corrected chi connectivity index (χ4v) is 2.75. The molecule has 4 nitrogen and oxygen atoms in total. The largest absolute Gasteiger partial charge is 0.340 e. The number of nitrogens with zero attached hydrogens (tertiary/aromatic N) is 2. The summed E-state index contributed by atoms with van der Waals surface area (Å²) in [7, 11) is 0. The number of hydrogen-bond donors (Lipinski definition) is 1. The van der Waals surface area contributed by atoms with Crippen LogP contribution in [-0.4, -0.2) is 55.0 Å². The van der Waals surface area contributed by atoms with Crippen LogP contribution in [0.15, 0.2) is 0 Å². The van der Waals surface area contributed by atoms with Crippen molar-refractivity contribution >= 4 is 5.91 Å². The summed E-state index contributed by atoms with van der Waals surface area (Å²) in [4.78, 5) is 16.6. The summed E-state index contributed by atoms with van der Waals surface area (Å²) in [6.45, 7) is 7.91. The van der Waals surface area contributed by atoms with Crippen molar-refractivity contribution in [1.82, 2.24) is 9.80 Å². The molecule has 0 bridgehead atoms. The zero-order chi connectivity index (χ0) is 14.6. The number of hydrogen-bond acceptors (Lipinski definition) is 3. The van der Waals surface area contributed by atoms with Gasteiger partial charge in [-0.15, -0.1) is 0 Å². The van der Waals surface area contributed by atoms with Gasteiger partial charge in [0.15, 0.2) is 0 Å². The van der Waals surface area contributed by atoms with E-state index in [1.807, 2.05) is 4.90 Å². The third-order valence-corrected chi connectivity index (χ3v) is 4.15. The Morgan fingerprint density at radius 1 is 0.950 bits per heavy atom. The lowest BCUT2D eigenvalue weighted by molar-refractivity contribution is -0.133. The van der Waals surface area contributed by atoms with Gasteiger partial charge in [0.2, 0.25) is 5.91 Å². The van der Waals surface area contributed by atoms with Crippen LogP contribution in [0.4, 0.5) is 0 Å². The molecule has 0 aromatic rings. The Bertz CT molecular complexity index is 250. The van der Waals surface area contributed by atoms with Crippen LogP contribution in [0, 0.1) is 0 Å². The molecule has 0 radical (unpaired) electrons. The van der Waals surface area contributed by atoms with Crippen molar-refractivity contribution in [1.29, 1.82) is 0 Å². The van der Waals surface area contributed by atoms with E-state index in [1.165, 1.54) is 32.1 Å². The van der Waals surface area contributed by atoms with Crippen LogP contribution in [-0.2, 0) is 4.79 Å². The highest BCUT2D eigenvalue weighted by Gasteiger charge is 2.19. The standard InChI is InChI=1S/C16H33N3O/c1-2-3-4-5-6-7-9-16(20)19-14-12-18(13-15-19)11-8-10-17/h2-15,17H2,1H3. The molecule has 0 aromatic carbocycles. The number of nitrogens with two attached hydrogens (primary N) is 1. The number of amides is 1. The molecule has 1 amide bonds. The van der Waals surface area contributed by atoms with Gasteiger partial charge in [-0.25, -0.2) is 0 Å². The van der Waals surface area contributed by atoms with E-state index in [-0.39, 0.29) is 0 Å². The molecule has 2 N–H and O–H groups in total. The van der Waals surface area contributed by atoms with Crippen LogP contribution < -0.4 is 5.73 Å². The van der Waals surface area contributed by atoms with Crippen molar-refractivity contribution in [3.05, 3.63) is 0 Å². The van der Waals surface area contributed by atoms with Crippen molar-refractivity contribution in [2.24, 2.45) is 5.73 Å². The van der Waals surface area contributed by atoms with E-state index in [1.54, 1.807) is 0 Å². The maximum atomic E-state index is 12.1. The Morgan fingerprint density at radius 2 is 1.60 bits per heavy atom. The molecule has 0 aliphatic carbocycles. The second-order valence-corrected chi connectivity index (χ2v) is 5.88. The van der Waals surface area contributed by atoms with E-state index in [0.717, 1.165) is 58.5 Å². The molecule has 0 spiro atoms. The summed E-state index contributed by atoms with van der Waals surface area (Å²) in [5, 5.41) is 0. The van der Waals surface area contributed by atoms with E-state index in [4.69, 9.17) is 5.73 Å². The van der Waals surface area contributed by atoms with Crippen molar-refractivity contribution in [2.75, 3.05) is 39.3 Å². The van der Waals surface area contributed by atoms with Crippen LogP contribution in [0.3, 0.4) is 0 Å². The van der Waals surface area contributed by atoms with Crippen LogP contribution in [0.25, 0.3) is 0 Å². The van der Waals surface area contributed by atoms with Crippen molar-refractivity contribution in [3.63, 3.8) is 0 Å². The van der Waals surface area contributed by atoms with Crippen LogP contribution >= 0.6 is 0 Å². The van der Waals surface area contributed by atoms with Crippen LogP contribution in [0.1, 0.15) is 58.3 Å². The van der Waals surface area contributed by atoms with Gasteiger partial charge in [-0.3, -0.25) is 9.69 Å². The molecule has 1 heterocycles. The Morgan fingerprint density at radius 3 is 2.25 bits per heavy atom. The smallest absolute Gasteiger partial charge is 0.222 e. The molecule has 1 fully saturated rings. The lowest BCUT2D eigenvalue weighted by Crippen LogP contribution is -2.49. The highest BCUT2D eigenvalue weighted by atomic mass is 16.2. The first-order valence-electron chi connectivity index (χ1n) is 8.48. The monoisotopic (exact) mass is 283 g/mol. The summed E-state index contributed by atoms with van der Waals surface area (Å²) < 4.78 is 0. The maximum absolute atomic E-state index is 12.1. The number of piperazine rings is 1. The van der Waals surface area contributed by atoms with Crippen LogP contribution in [0.2, 0.25) is 0 Å². The molecule has 0 unspecified atom stereocenters. The van der Waals surface area contributed by atoms with Crippen molar-refractivity contribution in [2.45, 2.75) is 58.3 Å². The summed E-state index contributed by atoms with van der Waals surface area (Å²) in [5.74, 6) is 0.360. The minimum Gasteiger partial charge on any atom is -0.340 e. The highest BCUT2D eigenvalue weighted by Crippen LogP contribution is 2.10. The quantitative estimate of drug-likeness (QED) is 0.626. The van der Waals surface area contributed by atoms with E-state index >= 15 is 0 Å². The Labute approximate surface area is 124 Å². The number of carbonyl (C=O) groups is 1. The van der Waals surface area contributed by atoms with Gasteiger partial charge in [0.05, 0.1) is 0 Å². The zero-order valence-corrected chi connectivity index (χ0v) is 13.3. The van der Waals surface area contributed by atoms with Gasteiger partial charge in [0.1, 0.15) is 0 Å². The molecule has 4 heteroatoms. The maximum Gasteiger partial charge on any atom is 0.222 e. The average molecular weight is 283 g/mol. The lowest BCUT2D eigenvalue weighted by Gasteiger charge is -2.34. The Kier molecular flexibility index (Phi) is 9.67. The molecule has 0 atom stereocenters. The zero-order valence-electron chi connectivity index (χ0n) is 13.3. The summed E-state index contributed by atoms with van der Waals surface area (Å²) in [6.07, 6.45) is 9.31. The molecule has 1 rings (SSSR count). The predicted octanol–water partition coefficient (Wildman–Crippen LogP) is 2.23. The van der Waals surface area contributed by atoms with E-state index in [0.29, 0.717) is 5.91 Å². The molecule has 1 aliphatic rings. The topological polar surface area (TPSA) is 49.6 Å².